The summed E-state index contributed by atoms with van der Waals surface area (Å²) in [5.74, 6) is -0.504. The molecular weight excluding hydrogens is 379 g/mol. The molecule has 110 valence electrons. The number of halogens is 3. The van der Waals surface area contributed by atoms with Crippen molar-refractivity contribution in [1.82, 2.24) is 0 Å². The highest BCUT2D eigenvalue weighted by atomic mass is 79.9. The van der Waals surface area contributed by atoms with Gasteiger partial charge >= 0.3 is 5.97 Å². The molecule has 7 heteroatoms. The number of nitrogen functional groups attached to an aromatic ring is 1. The summed E-state index contributed by atoms with van der Waals surface area (Å²) >= 11 is 15.5. The lowest BCUT2D eigenvalue weighted by Crippen LogP contribution is -2.06. The van der Waals surface area contributed by atoms with Gasteiger partial charge in [0, 0.05) is 15.8 Å². The lowest BCUT2D eigenvalue weighted by atomic mass is 10.1. The molecule has 0 unspecified atom stereocenters. The van der Waals surface area contributed by atoms with Crippen LogP contribution in [0.5, 0.6) is 0 Å². The first-order valence-corrected chi connectivity index (χ1v) is 7.37. The summed E-state index contributed by atoms with van der Waals surface area (Å²) in [7, 11) is 1.30. The molecule has 3 N–H and O–H groups in total. The minimum Gasteiger partial charge on any atom is -0.465 e. The predicted molar refractivity (Wildman–Crippen MR) is 89.6 cm³/mol. The quantitative estimate of drug-likeness (QED) is 0.446. The maximum atomic E-state index is 11.6. The second-order valence-corrected chi connectivity index (χ2v) is 5.75. The van der Waals surface area contributed by atoms with Crippen molar-refractivity contribution in [3.05, 3.63) is 50.4 Å². The summed E-state index contributed by atoms with van der Waals surface area (Å²) in [4.78, 5) is 11.6. The molecule has 0 saturated heterocycles. The van der Waals surface area contributed by atoms with E-state index in [1.54, 1.807) is 30.3 Å². The van der Waals surface area contributed by atoms with Gasteiger partial charge in [0.15, 0.2) is 0 Å². The molecule has 0 bridgehead atoms. The van der Waals surface area contributed by atoms with E-state index >= 15 is 0 Å². The zero-order valence-electron chi connectivity index (χ0n) is 10.9. The van der Waals surface area contributed by atoms with Crippen LogP contribution in [0.1, 0.15) is 10.4 Å². The van der Waals surface area contributed by atoms with Crippen LogP contribution in [0.2, 0.25) is 10.0 Å². The molecule has 0 fully saturated rings. The maximum absolute atomic E-state index is 11.6. The van der Waals surface area contributed by atoms with E-state index < -0.39 is 5.97 Å². The van der Waals surface area contributed by atoms with Crippen LogP contribution in [0.25, 0.3) is 0 Å². The Hall–Kier alpha value is -1.43. The van der Waals surface area contributed by atoms with Crippen LogP contribution in [-0.2, 0) is 4.74 Å². The molecule has 2 aromatic carbocycles. The molecule has 0 saturated carbocycles. The molecule has 0 radical (unpaired) electrons. The summed E-state index contributed by atoms with van der Waals surface area (Å²) in [6.07, 6.45) is 0. The summed E-state index contributed by atoms with van der Waals surface area (Å²) in [6, 6.07) is 8.48. The molecule has 0 atom stereocenters. The fourth-order valence-corrected chi connectivity index (χ4v) is 2.52. The van der Waals surface area contributed by atoms with Gasteiger partial charge in [-0.15, -0.1) is 0 Å². The average Bonchev–Trinajstić information content (AvgIpc) is 2.49. The van der Waals surface area contributed by atoms with Gasteiger partial charge in [0.2, 0.25) is 0 Å². The van der Waals surface area contributed by atoms with Gasteiger partial charge in [0.1, 0.15) is 0 Å². The summed E-state index contributed by atoms with van der Waals surface area (Å²) in [5.41, 5.74) is 7.63. The first-order chi connectivity index (χ1) is 9.93. The SMILES string of the molecule is COC(=O)c1cc(Nc2ccc(Br)c(Cl)c2Cl)ccc1N. The number of benzene rings is 2. The highest BCUT2D eigenvalue weighted by Gasteiger charge is 2.12. The summed E-state index contributed by atoms with van der Waals surface area (Å²) < 4.78 is 5.38. The standard InChI is InChI=1S/C14H11BrCl2N2O2/c1-21-14(20)8-6-7(2-4-10(8)18)19-11-5-3-9(15)12(16)13(11)17/h2-6,19H,18H2,1H3. The summed E-state index contributed by atoms with van der Waals surface area (Å²) in [5, 5.41) is 3.87. The Morgan fingerprint density at radius 3 is 2.62 bits per heavy atom. The van der Waals surface area contributed by atoms with Crippen molar-refractivity contribution in [3.63, 3.8) is 0 Å². The smallest absolute Gasteiger partial charge is 0.340 e. The van der Waals surface area contributed by atoms with E-state index in [4.69, 9.17) is 28.9 Å². The van der Waals surface area contributed by atoms with Crippen LogP contribution < -0.4 is 11.1 Å². The van der Waals surface area contributed by atoms with Crippen molar-refractivity contribution >= 4 is 62.2 Å². The number of carbonyl (C=O) groups excluding carboxylic acids is 1. The fraction of sp³-hybridized carbons (Fsp3) is 0.0714. The van der Waals surface area contributed by atoms with Crippen molar-refractivity contribution in [1.29, 1.82) is 0 Å². The van der Waals surface area contributed by atoms with E-state index in [2.05, 4.69) is 26.0 Å². The van der Waals surface area contributed by atoms with Crippen LogP contribution in [0.3, 0.4) is 0 Å². The minimum atomic E-state index is -0.504. The largest absolute Gasteiger partial charge is 0.465 e. The van der Waals surface area contributed by atoms with E-state index in [9.17, 15) is 4.79 Å². The Morgan fingerprint density at radius 2 is 1.95 bits per heavy atom. The van der Waals surface area contributed by atoms with Crippen LogP contribution >= 0.6 is 39.1 Å². The number of ether oxygens (including phenoxy) is 1. The van der Waals surface area contributed by atoms with Gasteiger partial charge in [-0.1, -0.05) is 23.2 Å². The zero-order valence-corrected chi connectivity index (χ0v) is 14.0. The molecule has 0 spiro atoms. The Labute approximate surface area is 140 Å². The highest BCUT2D eigenvalue weighted by molar-refractivity contribution is 9.10. The molecule has 2 aromatic rings. The number of nitrogens with two attached hydrogens (primary N) is 1. The van der Waals surface area contributed by atoms with Gasteiger partial charge in [-0.3, -0.25) is 0 Å². The Bertz CT molecular complexity index is 708. The van der Waals surface area contributed by atoms with Crippen LogP contribution in [0, 0.1) is 0 Å². The number of methoxy groups -OCH3 is 1. The van der Waals surface area contributed by atoms with Crippen molar-refractivity contribution < 1.29 is 9.53 Å². The van der Waals surface area contributed by atoms with Crippen molar-refractivity contribution in [2.75, 3.05) is 18.2 Å². The van der Waals surface area contributed by atoms with Crippen LogP contribution in [0.4, 0.5) is 17.1 Å². The lowest BCUT2D eigenvalue weighted by molar-refractivity contribution is 0.0602. The minimum absolute atomic E-state index is 0.279. The molecule has 4 nitrogen and oxygen atoms in total. The Morgan fingerprint density at radius 1 is 1.24 bits per heavy atom. The van der Waals surface area contributed by atoms with E-state index in [1.165, 1.54) is 7.11 Å². The number of esters is 1. The first kappa shape index (κ1) is 15.9. The number of hydrogen-bond acceptors (Lipinski definition) is 4. The van der Waals surface area contributed by atoms with Crippen LogP contribution in [0.15, 0.2) is 34.8 Å². The van der Waals surface area contributed by atoms with E-state index in [1.807, 2.05) is 0 Å². The molecule has 0 aromatic heterocycles. The zero-order chi connectivity index (χ0) is 15.6. The van der Waals surface area contributed by atoms with Gasteiger partial charge < -0.3 is 15.8 Å². The second-order valence-electron chi connectivity index (χ2n) is 4.14. The molecule has 21 heavy (non-hydrogen) atoms. The predicted octanol–water partition coefficient (Wildman–Crippen LogP) is 4.87. The third kappa shape index (κ3) is 3.43. The first-order valence-electron chi connectivity index (χ1n) is 5.82. The van der Waals surface area contributed by atoms with Gasteiger partial charge in [-0.2, -0.15) is 0 Å². The molecule has 2 rings (SSSR count). The number of carbonyl (C=O) groups is 1. The normalized spacial score (nSPS) is 10.3. The van der Waals surface area contributed by atoms with E-state index in [-0.39, 0.29) is 5.56 Å². The number of nitrogens with one attached hydrogen (secondary N) is 1. The van der Waals surface area contributed by atoms with Gasteiger partial charge in [0.25, 0.3) is 0 Å². The third-order valence-electron chi connectivity index (χ3n) is 2.77. The Kier molecular flexibility index (Phi) is 4.98. The highest BCUT2D eigenvalue weighted by Crippen LogP contribution is 2.37. The lowest BCUT2D eigenvalue weighted by Gasteiger charge is -2.12. The topological polar surface area (TPSA) is 64.3 Å². The van der Waals surface area contributed by atoms with E-state index in [0.717, 1.165) is 0 Å². The third-order valence-corrected chi connectivity index (χ3v) is 4.54. The van der Waals surface area contributed by atoms with Gasteiger partial charge in [-0.25, -0.2) is 4.79 Å². The van der Waals surface area contributed by atoms with E-state index in [0.29, 0.717) is 31.6 Å². The van der Waals surface area contributed by atoms with Crippen molar-refractivity contribution in [3.8, 4) is 0 Å². The fourth-order valence-electron chi connectivity index (χ4n) is 1.70. The van der Waals surface area contributed by atoms with Crippen LogP contribution in [-0.4, -0.2) is 13.1 Å². The molecule has 0 aliphatic rings. The molecular formula is C14H11BrCl2N2O2. The van der Waals surface area contributed by atoms with Crippen molar-refractivity contribution in [2.45, 2.75) is 0 Å². The van der Waals surface area contributed by atoms with Crippen molar-refractivity contribution in [2.24, 2.45) is 0 Å². The number of anilines is 3. The average molecular weight is 390 g/mol. The van der Waals surface area contributed by atoms with Gasteiger partial charge in [-0.05, 0) is 46.3 Å². The number of rotatable bonds is 3. The molecule has 0 heterocycles. The molecule has 0 aliphatic heterocycles. The maximum Gasteiger partial charge on any atom is 0.340 e. The summed E-state index contributed by atoms with van der Waals surface area (Å²) in [6.45, 7) is 0. The number of hydrogen-bond donors (Lipinski definition) is 2. The monoisotopic (exact) mass is 388 g/mol. The molecule has 0 aliphatic carbocycles. The second kappa shape index (κ2) is 6.56. The molecule has 0 amide bonds. The van der Waals surface area contributed by atoms with Gasteiger partial charge in [0.05, 0.1) is 28.4 Å². The Balaban J connectivity index is 2.37.